The molecule has 1 aliphatic heterocycles. The quantitative estimate of drug-likeness (QED) is 0.519. The molecular formula is C22H20FN3S. The van der Waals surface area contributed by atoms with Crippen LogP contribution in [-0.2, 0) is 6.54 Å². The third-order valence-electron chi connectivity index (χ3n) is 4.00. The van der Waals surface area contributed by atoms with Gasteiger partial charge in [0.25, 0.3) is 0 Å². The van der Waals surface area contributed by atoms with Crippen LogP contribution in [0.2, 0.25) is 0 Å². The van der Waals surface area contributed by atoms with E-state index in [1.54, 1.807) is 24.4 Å². The molecular weight excluding hydrogens is 357 g/mol. The predicted molar refractivity (Wildman–Crippen MR) is 113 cm³/mol. The Morgan fingerprint density at radius 3 is 2.70 bits per heavy atom. The van der Waals surface area contributed by atoms with E-state index in [1.807, 2.05) is 55.5 Å². The van der Waals surface area contributed by atoms with Crippen LogP contribution in [0.25, 0.3) is 5.70 Å². The van der Waals surface area contributed by atoms with Crippen LogP contribution in [0.5, 0.6) is 0 Å². The molecule has 0 radical (unpaired) electrons. The van der Waals surface area contributed by atoms with Gasteiger partial charge in [-0.3, -0.25) is 5.41 Å². The summed E-state index contributed by atoms with van der Waals surface area (Å²) in [5, 5.41) is 11.7. The summed E-state index contributed by atoms with van der Waals surface area (Å²) in [6.45, 7) is 2.36. The zero-order valence-corrected chi connectivity index (χ0v) is 15.8. The number of halogens is 1. The first-order valence-corrected chi connectivity index (χ1v) is 9.33. The van der Waals surface area contributed by atoms with E-state index in [4.69, 9.17) is 5.41 Å². The molecule has 2 N–H and O–H groups in total. The molecule has 3 rings (SSSR count). The Labute approximate surface area is 163 Å². The fourth-order valence-electron chi connectivity index (χ4n) is 2.50. The minimum Gasteiger partial charge on any atom is -0.380 e. The zero-order valence-electron chi connectivity index (χ0n) is 14.9. The summed E-state index contributed by atoms with van der Waals surface area (Å²) in [5.74, 6) is -0.246. The second-order valence-electron chi connectivity index (χ2n) is 6.04. The van der Waals surface area contributed by atoms with Crippen molar-refractivity contribution in [1.82, 2.24) is 5.32 Å². The Kier molecular flexibility index (Phi) is 6.39. The highest BCUT2D eigenvalue weighted by Gasteiger charge is 2.09. The Morgan fingerprint density at radius 2 is 1.93 bits per heavy atom. The molecule has 1 aliphatic rings. The second-order valence-corrected chi connectivity index (χ2v) is 6.88. The fraction of sp³-hybridized carbons (Fsp3) is 0.0909. The van der Waals surface area contributed by atoms with Gasteiger partial charge in [0.05, 0.1) is 10.6 Å². The molecule has 5 heteroatoms. The average Bonchev–Trinajstić information content (AvgIpc) is 2.96. The lowest BCUT2D eigenvalue weighted by Crippen LogP contribution is -2.14. The number of rotatable bonds is 6. The van der Waals surface area contributed by atoms with Gasteiger partial charge in [-0.05, 0) is 36.8 Å². The number of aryl methyl sites for hydroxylation is 1. The Bertz CT molecular complexity index is 940. The molecule has 0 aromatic heterocycles. The normalized spacial score (nSPS) is 13.9. The van der Waals surface area contributed by atoms with Gasteiger partial charge in [0.15, 0.2) is 0 Å². The van der Waals surface area contributed by atoms with Crippen molar-refractivity contribution in [3.05, 3.63) is 100 Å². The van der Waals surface area contributed by atoms with Crippen molar-refractivity contribution in [1.29, 1.82) is 5.41 Å². The average molecular weight is 377 g/mol. The molecule has 27 heavy (non-hydrogen) atoms. The van der Waals surface area contributed by atoms with E-state index in [2.05, 4.69) is 9.71 Å². The molecule has 3 nitrogen and oxygen atoms in total. The van der Waals surface area contributed by atoms with Gasteiger partial charge in [-0.2, -0.15) is 0 Å². The topological polar surface area (TPSA) is 48.2 Å². The van der Waals surface area contributed by atoms with Gasteiger partial charge in [0, 0.05) is 36.0 Å². The van der Waals surface area contributed by atoms with Crippen LogP contribution in [0.3, 0.4) is 0 Å². The minimum absolute atomic E-state index is 0.246. The lowest BCUT2D eigenvalue weighted by atomic mass is 10.1. The summed E-state index contributed by atoms with van der Waals surface area (Å²) >= 11 is 1.26. The second kappa shape index (κ2) is 9.14. The SMILES string of the molecule is Cc1ccc(/C(=C/C(=N)C2=CC=CC=NS2)NCc2ccccc2F)cc1. The number of hydrogen-bond acceptors (Lipinski definition) is 4. The fourth-order valence-corrected chi connectivity index (χ4v) is 3.04. The van der Waals surface area contributed by atoms with E-state index in [1.165, 1.54) is 18.0 Å². The molecule has 0 unspecified atom stereocenters. The maximum atomic E-state index is 14.0. The monoisotopic (exact) mass is 377 g/mol. The van der Waals surface area contributed by atoms with Gasteiger partial charge in [-0.1, -0.05) is 54.1 Å². The van der Waals surface area contributed by atoms with Gasteiger partial charge >= 0.3 is 0 Å². The molecule has 0 atom stereocenters. The molecule has 0 amide bonds. The van der Waals surface area contributed by atoms with Crippen LogP contribution in [0, 0.1) is 18.2 Å². The summed E-state index contributed by atoms with van der Waals surface area (Å²) in [5.41, 5.74) is 3.80. The summed E-state index contributed by atoms with van der Waals surface area (Å²) < 4.78 is 18.1. The largest absolute Gasteiger partial charge is 0.380 e. The van der Waals surface area contributed by atoms with Crippen molar-refractivity contribution in [2.75, 3.05) is 0 Å². The first-order chi connectivity index (χ1) is 13.1. The molecule has 0 bridgehead atoms. The van der Waals surface area contributed by atoms with Gasteiger partial charge in [-0.15, -0.1) is 0 Å². The highest BCUT2D eigenvalue weighted by molar-refractivity contribution is 8.02. The smallest absolute Gasteiger partial charge is 0.128 e. The van der Waals surface area contributed by atoms with Crippen LogP contribution >= 0.6 is 11.9 Å². The molecule has 1 heterocycles. The molecule has 2 aromatic rings. The lowest BCUT2D eigenvalue weighted by Gasteiger charge is -2.13. The summed E-state index contributed by atoms with van der Waals surface area (Å²) in [4.78, 5) is 0.748. The molecule has 0 saturated heterocycles. The number of nitrogens with zero attached hydrogens (tertiary/aromatic N) is 1. The standard InChI is InChI=1S/C22H20FN3S/c1-16-9-11-17(12-10-16)21(25-15-18-6-2-3-7-19(18)23)14-20(24)22-8-4-5-13-26-27-22/h2-14,24-25H,15H2,1H3/b21-14-,24-20?. The maximum Gasteiger partial charge on any atom is 0.128 e. The van der Waals surface area contributed by atoms with E-state index < -0.39 is 0 Å². The highest BCUT2D eigenvalue weighted by Crippen LogP contribution is 2.22. The Morgan fingerprint density at radius 1 is 1.15 bits per heavy atom. The Hall–Kier alpha value is -2.92. The third kappa shape index (κ3) is 5.28. The lowest BCUT2D eigenvalue weighted by molar-refractivity contribution is 0.605. The van der Waals surface area contributed by atoms with Gasteiger partial charge in [0.2, 0.25) is 0 Å². The maximum absolute atomic E-state index is 14.0. The van der Waals surface area contributed by atoms with E-state index in [-0.39, 0.29) is 5.82 Å². The highest BCUT2D eigenvalue weighted by atomic mass is 32.2. The number of nitrogens with one attached hydrogen (secondary N) is 2. The van der Waals surface area contributed by atoms with Gasteiger partial charge < -0.3 is 5.32 Å². The molecule has 0 aliphatic carbocycles. The summed E-state index contributed by atoms with van der Waals surface area (Å²) in [6.07, 6.45) is 9.01. The Balaban J connectivity index is 1.87. The zero-order chi connectivity index (χ0) is 19.1. The van der Waals surface area contributed by atoms with Crippen molar-refractivity contribution in [3.8, 4) is 0 Å². The van der Waals surface area contributed by atoms with Crippen molar-refractivity contribution >= 4 is 29.6 Å². The molecule has 136 valence electrons. The predicted octanol–water partition coefficient (Wildman–Crippen LogP) is 5.46. The van der Waals surface area contributed by atoms with Crippen LogP contribution < -0.4 is 5.32 Å². The number of hydrogen-bond donors (Lipinski definition) is 2. The van der Waals surface area contributed by atoms with Crippen molar-refractivity contribution in [2.24, 2.45) is 4.40 Å². The summed E-state index contributed by atoms with van der Waals surface area (Å²) in [6, 6.07) is 14.7. The van der Waals surface area contributed by atoms with Crippen molar-refractivity contribution in [2.45, 2.75) is 13.5 Å². The first kappa shape index (κ1) is 18.9. The van der Waals surface area contributed by atoms with E-state index in [9.17, 15) is 4.39 Å². The van der Waals surface area contributed by atoms with Crippen LogP contribution in [0.1, 0.15) is 16.7 Å². The third-order valence-corrected chi connectivity index (χ3v) is 4.78. The molecule has 0 fully saturated rings. The number of allylic oxidation sites excluding steroid dienone is 5. The van der Waals surface area contributed by atoms with Crippen molar-refractivity contribution in [3.63, 3.8) is 0 Å². The molecule has 2 aromatic carbocycles. The van der Waals surface area contributed by atoms with Crippen molar-refractivity contribution < 1.29 is 4.39 Å². The minimum atomic E-state index is -0.246. The van der Waals surface area contributed by atoms with Crippen LogP contribution in [0.4, 0.5) is 4.39 Å². The van der Waals surface area contributed by atoms with E-state index in [0.29, 0.717) is 17.8 Å². The van der Waals surface area contributed by atoms with Crippen LogP contribution in [-0.4, -0.2) is 11.9 Å². The van der Waals surface area contributed by atoms with Crippen LogP contribution in [0.15, 0.2) is 82.1 Å². The van der Waals surface area contributed by atoms with Gasteiger partial charge in [-0.25, -0.2) is 8.79 Å². The molecule has 0 saturated carbocycles. The van der Waals surface area contributed by atoms with E-state index in [0.717, 1.165) is 21.7 Å². The van der Waals surface area contributed by atoms with E-state index >= 15 is 0 Å². The first-order valence-electron chi connectivity index (χ1n) is 8.56. The van der Waals surface area contributed by atoms with Gasteiger partial charge in [0.1, 0.15) is 5.82 Å². The summed E-state index contributed by atoms with van der Waals surface area (Å²) in [7, 11) is 0. The molecule has 0 spiro atoms. The number of benzene rings is 2.